The topological polar surface area (TPSA) is 117 Å². The van der Waals surface area contributed by atoms with Crippen LogP contribution in [0.5, 0.6) is 17.2 Å². The monoisotopic (exact) mass is 526 g/mol. The number of hydrogen-bond acceptors (Lipinski definition) is 9. The Kier molecular flexibility index (Phi) is 6.02. The Bertz CT molecular complexity index is 1580. The van der Waals surface area contributed by atoms with Gasteiger partial charge in [-0.3, -0.25) is 4.79 Å². The van der Waals surface area contributed by atoms with E-state index >= 15 is 0 Å². The summed E-state index contributed by atoms with van der Waals surface area (Å²) in [5.74, 6) is 0.252. The number of fused-ring (bicyclic) bond motifs is 1. The van der Waals surface area contributed by atoms with E-state index in [1.54, 1.807) is 12.1 Å². The number of sulfone groups is 1. The Labute approximate surface area is 210 Å². The third kappa shape index (κ3) is 4.12. The molecule has 3 N–H and O–H groups in total. The van der Waals surface area contributed by atoms with Crippen LogP contribution in [0.3, 0.4) is 0 Å². The van der Waals surface area contributed by atoms with Gasteiger partial charge in [0.1, 0.15) is 26.3 Å². The first kappa shape index (κ1) is 23.6. The van der Waals surface area contributed by atoms with Crippen molar-refractivity contribution in [2.24, 2.45) is 0 Å². The lowest BCUT2D eigenvalue weighted by Crippen LogP contribution is -2.08. The molecule has 0 saturated heterocycles. The molecule has 0 saturated carbocycles. The van der Waals surface area contributed by atoms with Crippen LogP contribution in [0, 0.1) is 5.82 Å². The van der Waals surface area contributed by atoms with E-state index in [-0.39, 0.29) is 43.4 Å². The Morgan fingerprint density at radius 1 is 1.06 bits per heavy atom. The van der Waals surface area contributed by atoms with Gasteiger partial charge in [0.15, 0.2) is 11.5 Å². The first-order valence-corrected chi connectivity index (χ1v) is 12.9. The molecule has 36 heavy (non-hydrogen) atoms. The minimum Gasteiger partial charge on any atom is -0.497 e. The van der Waals surface area contributed by atoms with Gasteiger partial charge in [-0.25, -0.2) is 12.8 Å². The smallest absolute Gasteiger partial charge is 0.231 e. The van der Waals surface area contributed by atoms with Crippen molar-refractivity contribution >= 4 is 43.3 Å². The van der Waals surface area contributed by atoms with Crippen molar-refractivity contribution in [2.75, 3.05) is 25.0 Å². The van der Waals surface area contributed by atoms with Gasteiger partial charge in [-0.15, -0.1) is 11.3 Å². The van der Waals surface area contributed by atoms with E-state index in [2.05, 4.69) is 5.32 Å². The van der Waals surface area contributed by atoms with Crippen LogP contribution in [0.4, 0.5) is 20.8 Å². The predicted octanol–water partition coefficient (Wildman–Crippen LogP) is 5.01. The Balaban J connectivity index is 1.64. The average molecular weight is 527 g/mol. The van der Waals surface area contributed by atoms with E-state index in [0.717, 1.165) is 11.3 Å². The molecule has 0 atom stereocenters. The summed E-state index contributed by atoms with van der Waals surface area (Å²) in [4.78, 5) is 13.0. The molecule has 184 valence electrons. The van der Waals surface area contributed by atoms with Gasteiger partial charge in [0.05, 0.1) is 23.4 Å². The zero-order valence-electron chi connectivity index (χ0n) is 18.8. The Hall–Kier alpha value is -4.09. The highest BCUT2D eigenvalue weighted by Crippen LogP contribution is 2.45. The molecule has 1 aliphatic heterocycles. The molecule has 0 amide bonds. The summed E-state index contributed by atoms with van der Waals surface area (Å²) in [7, 11) is -2.75. The third-order valence-corrected chi connectivity index (χ3v) is 8.60. The summed E-state index contributed by atoms with van der Waals surface area (Å²) < 4.78 is 57.5. The minimum absolute atomic E-state index is 0.0116. The molecule has 0 aliphatic carbocycles. The molecule has 3 aromatic carbocycles. The van der Waals surface area contributed by atoms with Crippen molar-refractivity contribution in [3.05, 3.63) is 83.0 Å². The third-order valence-electron chi connectivity index (χ3n) is 5.50. The number of ether oxygens (including phenoxy) is 3. The molecule has 0 fully saturated rings. The number of carbonyl (C=O) groups is 1. The fourth-order valence-corrected chi connectivity index (χ4v) is 6.60. The van der Waals surface area contributed by atoms with Crippen LogP contribution in [0.2, 0.25) is 0 Å². The second-order valence-electron chi connectivity index (χ2n) is 7.68. The number of thiophene rings is 1. The second-order valence-corrected chi connectivity index (χ2v) is 10.6. The maximum absolute atomic E-state index is 14.4. The van der Waals surface area contributed by atoms with E-state index in [4.69, 9.17) is 19.9 Å². The lowest BCUT2D eigenvalue weighted by molar-refractivity contribution is 0.104. The van der Waals surface area contributed by atoms with Gasteiger partial charge in [-0.2, -0.15) is 0 Å². The molecule has 8 nitrogen and oxygen atoms in total. The summed E-state index contributed by atoms with van der Waals surface area (Å²) in [5.41, 5.74) is 6.35. The van der Waals surface area contributed by atoms with Crippen LogP contribution in [0.15, 0.2) is 76.5 Å². The van der Waals surface area contributed by atoms with Gasteiger partial charge in [0.2, 0.25) is 22.4 Å². The standard InChI is InChI=1S/C25H19FN2O6S2/c1-32-15-7-9-16(10-8-15)36(30,31)24-21(27)23(35-25(24)28-18-5-3-2-4-17(18)26)22(29)14-6-11-19-20(12-14)34-13-33-19/h2-12,28H,13,27H2,1H3. The van der Waals surface area contributed by atoms with Gasteiger partial charge >= 0.3 is 0 Å². The van der Waals surface area contributed by atoms with Crippen molar-refractivity contribution in [3.63, 3.8) is 0 Å². The highest BCUT2D eigenvalue weighted by atomic mass is 32.2. The van der Waals surface area contributed by atoms with Crippen molar-refractivity contribution in [1.82, 2.24) is 0 Å². The maximum Gasteiger partial charge on any atom is 0.231 e. The van der Waals surface area contributed by atoms with Crippen molar-refractivity contribution < 1.29 is 31.8 Å². The summed E-state index contributed by atoms with van der Waals surface area (Å²) in [6, 6.07) is 16.2. The number of nitrogens with two attached hydrogens (primary N) is 1. The molecule has 1 aliphatic rings. The van der Waals surface area contributed by atoms with Crippen LogP contribution in [0.1, 0.15) is 15.2 Å². The van der Waals surface area contributed by atoms with Crippen LogP contribution in [-0.2, 0) is 9.84 Å². The quantitative estimate of drug-likeness (QED) is 0.323. The van der Waals surface area contributed by atoms with Crippen LogP contribution in [-0.4, -0.2) is 28.1 Å². The number of carbonyl (C=O) groups excluding carboxylic acids is 1. The van der Waals surface area contributed by atoms with E-state index in [0.29, 0.717) is 17.2 Å². The summed E-state index contributed by atoms with van der Waals surface area (Å²) in [6.07, 6.45) is 0. The lowest BCUT2D eigenvalue weighted by Gasteiger charge is -2.10. The minimum atomic E-state index is -4.21. The number of hydrogen-bond donors (Lipinski definition) is 2. The molecule has 4 aromatic rings. The second kappa shape index (κ2) is 9.17. The largest absolute Gasteiger partial charge is 0.497 e. The molecule has 2 heterocycles. The lowest BCUT2D eigenvalue weighted by atomic mass is 10.1. The number of benzene rings is 3. The molecular weight excluding hydrogens is 507 g/mol. The van der Waals surface area contributed by atoms with Gasteiger partial charge in [-0.05, 0) is 54.6 Å². The molecule has 1 aromatic heterocycles. The zero-order valence-corrected chi connectivity index (χ0v) is 20.4. The number of para-hydroxylation sites is 1. The molecule has 0 radical (unpaired) electrons. The van der Waals surface area contributed by atoms with Gasteiger partial charge < -0.3 is 25.3 Å². The molecule has 0 bridgehead atoms. The van der Waals surface area contributed by atoms with Crippen molar-refractivity contribution in [2.45, 2.75) is 9.79 Å². The molecule has 11 heteroatoms. The highest BCUT2D eigenvalue weighted by Gasteiger charge is 2.32. The summed E-state index contributed by atoms with van der Waals surface area (Å²) >= 11 is 0.827. The first-order chi connectivity index (χ1) is 17.3. The SMILES string of the molecule is COc1ccc(S(=O)(=O)c2c(Nc3ccccc3F)sc(C(=O)c3ccc4c(c3)OCO4)c2N)cc1. The van der Waals surface area contributed by atoms with E-state index in [1.807, 2.05) is 0 Å². The summed E-state index contributed by atoms with van der Waals surface area (Å²) in [6.45, 7) is 0.0368. The number of methoxy groups -OCH3 is 1. The highest BCUT2D eigenvalue weighted by molar-refractivity contribution is 7.92. The Morgan fingerprint density at radius 2 is 1.78 bits per heavy atom. The van der Waals surface area contributed by atoms with Crippen molar-refractivity contribution in [3.8, 4) is 17.2 Å². The molecule has 0 spiro atoms. The number of nitrogens with one attached hydrogen (secondary N) is 1. The van der Waals surface area contributed by atoms with Gasteiger partial charge in [0.25, 0.3) is 0 Å². The Morgan fingerprint density at radius 3 is 2.50 bits per heavy atom. The fraction of sp³-hybridized carbons (Fsp3) is 0.0800. The van der Waals surface area contributed by atoms with Gasteiger partial charge in [-0.1, -0.05) is 12.1 Å². The number of rotatable bonds is 7. The first-order valence-electron chi connectivity index (χ1n) is 10.6. The number of anilines is 3. The van der Waals surface area contributed by atoms with E-state index in [1.165, 1.54) is 61.7 Å². The van der Waals surface area contributed by atoms with Crippen LogP contribution >= 0.6 is 11.3 Å². The van der Waals surface area contributed by atoms with Crippen molar-refractivity contribution in [1.29, 1.82) is 0 Å². The van der Waals surface area contributed by atoms with E-state index in [9.17, 15) is 17.6 Å². The number of ketones is 1. The molecular formula is C25H19FN2O6S2. The number of nitrogen functional groups attached to an aromatic ring is 1. The fourth-order valence-electron chi connectivity index (χ4n) is 3.67. The summed E-state index contributed by atoms with van der Waals surface area (Å²) in [5, 5.41) is 2.82. The maximum atomic E-state index is 14.4. The normalized spacial score (nSPS) is 12.4. The zero-order chi connectivity index (χ0) is 25.4. The average Bonchev–Trinajstić information content (AvgIpc) is 3.48. The number of halogens is 1. The molecule has 5 rings (SSSR count). The van der Waals surface area contributed by atoms with Crippen LogP contribution in [0.25, 0.3) is 0 Å². The van der Waals surface area contributed by atoms with Crippen LogP contribution < -0.4 is 25.3 Å². The van der Waals surface area contributed by atoms with Gasteiger partial charge in [0, 0.05) is 5.56 Å². The predicted molar refractivity (Wildman–Crippen MR) is 133 cm³/mol. The van der Waals surface area contributed by atoms with E-state index < -0.39 is 21.4 Å². The molecule has 0 unspecified atom stereocenters.